The van der Waals surface area contributed by atoms with Gasteiger partial charge in [-0.25, -0.2) is 0 Å². The fraction of sp³-hybridized carbons (Fsp3) is 0.630. The summed E-state index contributed by atoms with van der Waals surface area (Å²) in [6.07, 6.45) is 13.3. The summed E-state index contributed by atoms with van der Waals surface area (Å²) in [6.45, 7) is 17.1. The van der Waals surface area contributed by atoms with Crippen molar-refractivity contribution in [3.05, 3.63) is 91.0 Å². The van der Waals surface area contributed by atoms with Crippen LogP contribution in [0.4, 0.5) is 0 Å². The highest BCUT2D eigenvalue weighted by atomic mass is 127. The minimum atomic E-state index is -1.99. The third kappa shape index (κ3) is 6.80. The van der Waals surface area contributed by atoms with Crippen molar-refractivity contribution in [2.75, 3.05) is 17.7 Å². The van der Waals surface area contributed by atoms with E-state index in [0.29, 0.717) is 35.5 Å². The molecule has 324 valence electrons. The van der Waals surface area contributed by atoms with Crippen molar-refractivity contribution in [2.24, 2.45) is 68.5 Å². The van der Waals surface area contributed by atoms with Gasteiger partial charge in [0.15, 0.2) is 0 Å². The Morgan fingerprint density at radius 2 is 1.33 bits per heavy atom. The van der Waals surface area contributed by atoms with Crippen molar-refractivity contribution in [3.8, 4) is 0 Å². The van der Waals surface area contributed by atoms with Gasteiger partial charge in [-0.3, -0.25) is 9.59 Å². The van der Waals surface area contributed by atoms with Crippen LogP contribution in [0.5, 0.6) is 0 Å². The van der Waals surface area contributed by atoms with Crippen LogP contribution in [0.1, 0.15) is 119 Å². The first kappa shape index (κ1) is 44.4. The zero-order valence-corrected chi connectivity index (χ0v) is 41.0. The average Bonchev–Trinajstić information content (AvgIpc) is 3.65. The lowest BCUT2D eigenvalue weighted by molar-refractivity contribution is -0.261. The lowest BCUT2D eigenvalue weighted by Crippen LogP contribution is -2.68. The molecule has 12 atom stereocenters. The SMILES string of the molecule is COC(=O)[C@]12CC[C@@H](C(C)CI)[C@@H]1[C@H]1CC[C@@H]3[C@@]4(C)C[C@H](CCC[P+](c5ccccc5)(c5ccccc5)c5ccccc5)[C@H](OC(C)=O)C(C)(C)[C@@H]4CC[C@@]3(C)[C@]1(C)CC2. The Kier molecular flexibility index (Phi) is 12.4. The number of halogens is 1. The smallest absolute Gasteiger partial charge is 0.312 e. The Bertz CT molecular complexity index is 1890. The molecule has 0 amide bonds. The maximum absolute atomic E-state index is 14.0. The fourth-order valence-corrected chi connectivity index (χ4v) is 21.5. The Hall–Kier alpha value is -2.24. The molecule has 5 aliphatic carbocycles. The number of ether oxygens (including phenoxy) is 2. The minimum Gasteiger partial charge on any atom is -0.469 e. The third-order valence-corrected chi connectivity index (χ3v) is 24.9. The molecule has 0 saturated heterocycles. The molecule has 8 rings (SSSR count). The van der Waals surface area contributed by atoms with E-state index in [2.05, 4.69) is 155 Å². The molecule has 0 bridgehead atoms. The summed E-state index contributed by atoms with van der Waals surface area (Å²) in [5, 5.41) is 4.30. The predicted octanol–water partition coefficient (Wildman–Crippen LogP) is 12.2. The maximum Gasteiger partial charge on any atom is 0.312 e. The van der Waals surface area contributed by atoms with Gasteiger partial charge in [-0.2, -0.15) is 0 Å². The van der Waals surface area contributed by atoms with Gasteiger partial charge in [-0.1, -0.05) is 119 Å². The van der Waals surface area contributed by atoms with Crippen molar-refractivity contribution in [3.63, 3.8) is 0 Å². The highest BCUT2D eigenvalue weighted by Gasteiger charge is 2.73. The molecule has 0 aliphatic heterocycles. The van der Waals surface area contributed by atoms with Gasteiger partial charge in [-0.15, -0.1) is 0 Å². The monoisotopic (exact) mass is 943 g/mol. The van der Waals surface area contributed by atoms with Gasteiger partial charge in [-0.05, 0) is 165 Å². The zero-order chi connectivity index (χ0) is 42.7. The van der Waals surface area contributed by atoms with Gasteiger partial charge in [0.25, 0.3) is 0 Å². The van der Waals surface area contributed by atoms with Gasteiger partial charge in [0.05, 0.1) is 18.7 Å². The van der Waals surface area contributed by atoms with Gasteiger partial charge in [0.1, 0.15) is 29.3 Å². The molecule has 60 heavy (non-hydrogen) atoms. The molecule has 3 aromatic carbocycles. The van der Waals surface area contributed by atoms with Gasteiger partial charge >= 0.3 is 11.9 Å². The highest BCUT2D eigenvalue weighted by molar-refractivity contribution is 14.1. The molecule has 0 radical (unpaired) electrons. The molecule has 0 spiro atoms. The Morgan fingerprint density at radius 1 is 0.750 bits per heavy atom. The van der Waals surface area contributed by atoms with E-state index < -0.39 is 7.26 Å². The molecule has 0 aromatic heterocycles. The summed E-state index contributed by atoms with van der Waals surface area (Å²) >= 11 is 2.59. The summed E-state index contributed by atoms with van der Waals surface area (Å²) in [4.78, 5) is 27.0. The van der Waals surface area contributed by atoms with Gasteiger partial charge in [0.2, 0.25) is 0 Å². The number of carbonyl (C=O) groups is 2. The third-order valence-electron chi connectivity index (χ3n) is 19.0. The molecule has 1 unspecified atom stereocenters. The van der Waals surface area contributed by atoms with E-state index in [1.807, 2.05) is 0 Å². The van der Waals surface area contributed by atoms with E-state index in [1.54, 1.807) is 14.0 Å². The second-order valence-corrected chi connectivity index (χ2v) is 26.2. The fourth-order valence-electron chi connectivity index (χ4n) is 16.5. The lowest BCUT2D eigenvalue weighted by Gasteiger charge is -2.73. The van der Waals surface area contributed by atoms with Crippen LogP contribution in [0.2, 0.25) is 0 Å². The quantitative estimate of drug-likeness (QED) is 0.0832. The Morgan fingerprint density at radius 3 is 1.87 bits per heavy atom. The molecule has 0 heterocycles. The van der Waals surface area contributed by atoms with Crippen molar-refractivity contribution in [2.45, 2.75) is 125 Å². The Labute approximate surface area is 377 Å². The van der Waals surface area contributed by atoms with E-state index >= 15 is 0 Å². The number of benzene rings is 3. The number of carbonyl (C=O) groups excluding carboxylic acids is 2. The van der Waals surface area contributed by atoms with Crippen LogP contribution in [0.15, 0.2) is 91.0 Å². The van der Waals surface area contributed by atoms with Gasteiger partial charge in [0, 0.05) is 16.8 Å². The van der Waals surface area contributed by atoms with Crippen molar-refractivity contribution in [1.82, 2.24) is 0 Å². The summed E-state index contributed by atoms with van der Waals surface area (Å²) in [7, 11) is -0.353. The summed E-state index contributed by atoms with van der Waals surface area (Å²) in [6, 6.07) is 33.9. The van der Waals surface area contributed by atoms with Crippen molar-refractivity contribution < 1.29 is 19.1 Å². The molecular formula is C54H73IO4P+. The molecule has 0 N–H and O–H groups in total. The average molecular weight is 944 g/mol. The number of rotatable bonds is 11. The molecular weight excluding hydrogens is 870 g/mol. The number of esters is 2. The van der Waals surface area contributed by atoms with Crippen LogP contribution in [-0.2, 0) is 19.1 Å². The van der Waals surface area contributed by atoms with Crippen molar-refractivity contribution in [1.29, 1.82) is 0 Å². The van der Waals surface area contributed by atoms with Crippen LogP contribution < -0.4 is 15.9 Å². The first-order valence-electron chi connectivity index (χ1n) is 23.5. The van der Waals surface area contributed by atoms with Crippen LogP contribution in [0.25, 0.3) is 0 Å². The zero-order valence-electron chi connectivity index (χ0n) is 37.9. The van der Waals surface area contributed by atoms with Crippen LogP contribution in [0.3, 0.4) is 0 Å². The molecule has 5 fully saturated rings. The molecule has 4 nitrogen and oxygen atoms in total. The second-order valence-electron chi connectivity index (χ2n) is 21.7. The standard InChI is InChI=1S/C54H73IO4P/c1-37(36-55)43-28-31-54(49(57)58-8)33-32-52(6)44(47(43)54)26-27-46-51(5)35-39(48(59-38(2)56)50(3,4)45(51)29-30-53(46,52)7)19-18-34-60(40-20-12-9-13-21-40,41-22-14-10-15-23-41)42-24-16-11-17-25-42/h9-17,20-25,37,39,43-48H,18-19,26-36H2,1-8H3/q+1/t37?,39-,43-,44+,45-,46+,47+,48-,51-,52+,53+,54-/m0/s1. The van der Waals surface area contributed by atoms with E-state index in [1.165, 1.54) is 41.6 Å². The molecule has 5 saturated carbocycles. The number of alkyl halides is 1. The second kappa shape index (κ2) is 16.7. The van der Waals surface area contributed by atoms with Crippen LogP contribution in [-0.4, -0.2) is 35.7 Å². The first-order chi connectivity index (χ1) is 28.6. The molecule has 5 aliphatic rings. The van der Waals surface area contributed by atoms with Crippen LogP contribution >= 0.6 is 29.9 Å². The minimum absolute atomic E-state index is 0.0762. The molecule has 3 aromatic rings. The van der Waals surface area contributed by atoms with E-state index in [4.69, 9.17) is 9.47 Å². The van der Waals surface area contributed by atoms with Crippen LogP contribution in [0, 0.1) is 68.5 Å². The van der Waals surface area contributed by atoms with E-state index in [9.17, 15) is 9.59 Å². The summed E-state index contributed by atoms with van der Waals surface area (Å²) in [5.41, 5.74) is -0.00527. The normalized spacial score (nSPS) is 37.4. The largest absolute Gasteiger partial charge is 0.469 e. The van der Waals surface area contributed by atoms with Crippen molar-refractivity contribution >= 4 is 57.7 Å². The van der Waals surface area contributed by atoms with E-state index in [0.717, 1.165) is 55.5 Å². The summed E-state index contributed by atoms with van der Waals surface area (Å²) < 4.78 is 13.4. The Balaban J connectivity index is 1.14. The lowest BCUT2D eigenvalue weighted by atomic mass is 9.31. The predicted molar refractivity (Wildman–Crippen MR) is 258 cm³/mol. The number of methoxy groups -OCH3 is 1. The summed E-state index contributed by atoms with van der Waals surface area (Å²) in [5.74, 6) is 3.41. The molecule has 6 heteroatoms. The number of hydrogen-bond acceptors (Lipinski definition) is 4. The van der Waals surface area contributed by atoms with E-state index in [-0.39, 0.29) is 51.0 Å². The topological polar surface area (TPSA) is 52.6 Å². The highest BCUT2D eigenvalue weighted by Crippen LogP contribution is 2.78. The number of fused-ring (bicyclic) bond motifs is 7. The maximum atomic E-state index is 14.0. The number of hydrogen-bond donors (Lipinski definition) is 0. The van der Waals surface area contributed by atoms with Gasteiger partial charge < -0.3 is 9.47 Å². The first-order valence-corrected chi connectivity index (χ1v) is 27.0.